The number of amides is 1. The first-order valence-corrected chi connectivity index (χ1v) is 12.8. The molecule has 7 nitrogen and oxygen atoms in total. The molecular formula is C31H31F2NO6. The van der Waals surface area contributed by atoms with Crippen LogP contribution in [0.2, 0.25) is 0 Å². The lowest BCUT2D eigenvalue weighted by atomic mass is 9.91. The summed E-state index contributed by atoms with van der Waals surface area (Å²) in [5, 5.41) is 11.7. The second-order valence-corrected chi connectivity index (χ2v) is 9.67. The lowest BCUT2D eigenvalue weighted by Crippen LogP contribution is -2.30. The molecule has 0 aromatic heterocycles. The van der Waals surface area contributed by atoms with E-state index in [0.717, 1.165) is 28.7 Å². The van der Waals surface area contributed by atoms with Gasteiger partial charge in [-0.25, -0.2) is 8.78 Å². The molecule has 0 saturated carbocycles. The zero-order valence-electron chi connectivity index (χ0n) is 23.2. The number of aliphatic hydroxyl groups is 1. The molecule has 3 aromatic rings. The predicted molar refractivity (Wildman–Crippen MR) is 147 cm³/mol. The third kappa shape index (κ3) is 4.99. The van der Waals surface area contributed by atoms with Gasteiger partial charge in [-0.05, 0) is 72.9 Å². The molecule has 0 radical (unpaired) electrons. The van der Waals surface area contributed by atoms with Gasteiger partial charge in [0.2, 0.25) is 0 Å². The smallest absolute Gasteiger partial charge is 0.300 e. The van der Waals surface area contributed by atoms with Crippen LogP contribution in [0.15, 0.2) is 54.1 Å². The molecule has 1 heterocycles. The van der Waals surface area contributed by atoms with Gasteiger partial charge in [-0.2, -0.15) is 0 Å². The van der Waals surface area contributed by atoms with Gasteiger partial charge in [0, 0.05) is 11.6 Å². The molecule has 0 bridgehead atoms. The fourth-order valence-corrected chi connectivity index (χ4v) is 4.92. The number of carbonyl (C=O) groups is 2. The highest BCUT2D eigenvalue weighted by Crippen LogP contribution is 2.45. The zero-order chi connectivity index (χ0) is 29.3. The Bertz CT molecular complexity index is 1510. The third-order valence-corrected chi connectivity index (χ3v) is 6.87. The Balaban J connectivity index is 2.04. The highest BCUT2D eigenvalue weighted by Gasteiger charge is 2.48. The number of anilines is 1. The van der Waals surface area contributed by atoms with E-state index < -0.39 is 40.8 Å². The Hall–Kier alpha value is -4.40. The maximum Gasteiger partial charge on any atom is 0.300 e. The Morgan fingerprint density at radius 3 is 2.30 bits per heavy atom. The fourth-order valence-electron chi connectivity index (χ4n) is 4.92. The van der Waals surface area contributed by atoms with Gasteiger partial charge in [0.1, 0.15) is 23.1 Å². The Labute approximate surface area is 231 Å². The minimum absolute atomic E-state index is 0.0111. The summed E-state index contributed by atoms with van der Waals surface area (Å²) in [5.74, 6) is -2.97. The molecule has 1 atom stereocenters. The Morgan fingerprint density at radius 1 is 0.975 bits per heavy atom. The minimum Gasteiger partial charge on any atom is -0.507 e. The van der Waals surface area contributed by atoms with Gasteiger partial charge >= 0.3 is 0 Å². The van der Waals surface area contributed by atoms with E-state index in [-0.39, 0.29) is 11.5 Å². The van der Waals surface area contributed by atoms with E-state index >= 15 is 4.39 Å². The molecule has 0 aliphatic carbocycles. The molecule has 210 valence electrons. The van der Waals surface area contributed by atoms with Crippen molar-refractivity contribution in [2.45, 2.75) is 39.7 Å². The number of methoxy groups -OCH3 is 2. The van der Waals surface area contributed by atoms with Crippen LogP contribution in [0.1, 0.15) is 55.0 Å². The van der Waals surface area contributed by atoms with Crippen molar-refractivity contribution in [3.8, 4) is 17.2 Å². The largest absolute Gasteiger partial charge is 0.507 e. The van der Waals surface area contributed by atoms with Crippen LogP contribution in [-0.4, -0.2) is 37.6 Å². The van der Waals surface area contributed by atoms with E-state index in [1.54, 1.807) is 51.3 Å². The van der Waals surface area contributed by atoms with Gasteiger partial charge in [-0.1, -0.05) is 19.9 Å². The number of benzene rings is 3. The molecule has 1 fully saturated rings. The number of ketones is 1. The van der Waals surface area contributed by atoms with Crippen LogP contribution in [0.4, 0.5) is 14.5 Å². The number of aliphatic hydroxyl groups excluding tert-OH is 1. The summed E-state index contributed by atoms with van der Waals surface area (Å²) in [6.45, 7) is 7.71. The molecule has 1 N–H and O–H groups in total. The molecule has 40 heavy (non-hydrogen) atoms. The molecule has 9 heteroatoms. The molecule has 1 saturated heterocycles. The highest BCUT2D eigenvalue weighted by molar-refractivity contribution is 6.51. The predicted octanol–water partition coefficient (Wildman–Crippen LogP) is 6.44. The van der Waals surface area contributed by atoms with Gasteiger partial charge < -0.3 is 19.3 Å². The van der Waals surface area contributed by atoms with Crippen molar-refractivity contribution in [1.29, 1.82) is 0 Å². The van der Waals surface area contributed by atoms with Crippen molar-refractivity contribution >= 4 is 23.1 Å². The van der Waals surface area contributed by atoms with Crippen LogP contribution in [0.25, 0.3) is 5.76 Å². The van der Waals surface area contributed by atoms with Crippen LogP contribution in [-0.2, 0) is 9.59 Å². The number of ether oxygens (including phenoxy) is 3. The molecule has 1 aliphatic rings. The van der Waals surface area contributed by atoms with Crippen molar-refractivity contribution in [3.63, 3.8) is 0 Å². The second kappa shape index (κ2) is 11.4. The van der Waals surface area contributed by atoms with Gasteiger partial charge in [0.25, 0.3) is 11.7 Å². The maximum absolute atomic E-state index is 15.1. The number of rotatable bonds is 8. The van der Waals surface area contributed by atoms with E-state index in [4.69, 9.17) is 14.2 Å². The summed E-state index contributed by atoms with van der Waals surface area (Å²) < 4.78 is 45.9. The summed E-state index contributed by atoms with van der Waals surface area (Å²) in [5.41, 5.74) is 1.29. The van der Waals surface area contributed by atoms with Gasteiger partial charge in [0.15, 0.2) is 11.5 Å². The highest BCUT2D eigenvalue weighted by atomic mass is 19.1. The van der Waals surface area contributed by atoms with Crippen molar-refractivity contribution < 1.29 is 37.7 Å². The quantitative estimate of drug-likeness (QED) is 0.197. The monoisotopic (exact) mass is 551 g/mol. The van der Waals surface area contributed by atoms with Crippen molar-refractivity contribution in [2.75, 3.05) is 25.7 Å². The third-order valence-electron chi connectivity index (χ3n) is 6.87. The Morgan fingerprint density at radius 2 is 1.68 bits per heavy atom. The SMILES string of the molecule is CCOc1cc(C2/C(=C(\O)c3cc(C(C)C)c(OC)cc3C)C(=O)C(=O)N2c2cc(F)ccc2F)ccc1OC. The number of nitrogens with zero attached hydrogens (tertiary/aromatic N) is 1. The first-order valence-electron chi connectivity index (χ1n) is 12.8. The van der Waals surface area contributed by atoms with E-state index in [1.165, 1.54) is 7.11 Å². The molecule has 1 aliphatic heterocycles. The molecule has 3 aromatic carbocycles. The van der Waals surface area contributed by atoms with Crippen LogP contribution in [0.3, 0.4) is 0 Å². The second-order valence-electron chi connectivity index (χ2n) is 9.67. The number of hydrogen-bond acceptors (Lipinski definition) is 6. The minimum atomic E-state index is -1.30. The van der Waals surface area contributed by atoms with Crippen molar-refractivity contribution in [2.24, 2.45) is 0 Å². The number of Topliss-reactive ketones (excluding diaryl/α,β-unsaturated/α-hetero) is 1. The Kier molecular flexibility index (Phi) is 8.13. The first-order chi connectivity index (χ1) is 19.0. The number of aryl methyl sites for hydroxylation is 1. The maximum atomic E-state index is 15.1. The molecule has 1 amide bonds. The van der Waals surface area contributed by atoms with E-state index in [1.807, 2.05) is 13.8 Å². The summed E-state index contributed by atoms with van der Waals surface area (Å²) in [6.07, 6.45) is 0. The van der Waals surface area contributed by atoms with Crippen LogP contribution >= 0.6 is 0 Å². The number of hydrogen-bond donors (Lipinski definition) is 1. The molecule has 0 spiro atoms. The summed E-state index contributed by atoms with van der Waals surface area (Å²) >= 11 is 0. The average molecular weight is 552 g/mol. The van der Waals surface area contributed by atoms with E-state index in [9.17, 15) is 19.1 Å². The topological polar surface area (TPSA) is 85.3 Å². The zero-order valence-corrected chi connectivity index (χ0v) is 23.2. The van der Waals surface area contributed by atoms with Crippen LogP contribution < -0.4 is 19.1 Å². The van der Waals surface area contributed by atoms with E-state index in [0.29, 0.717) is 40.5 Å². The van der Waals surface area contributed by atoms with Crippen LogP contribution in [0.5, 0.6) is 17.2 Å². The fraction of sp³-hybridized carbons (Fsp3) is 0.290. The summed E-state index contributed by atoms with van der Waals surface area (Å²) in [4.78, 5) is 27.9. The normalized spacial score (nSPS) is 16.5. The summed E-state index contributed by atoms with van der Waals surface area (Å²) in [7, 11) is 3.00. The number of halogens is 2. The van der Waals surface area contributed by atoms with Gasteiger partial charge in [-0.3, -0.25) is 14.5 Å². The average Bonchev–Trinajstić information content (AvgIpc) is 3.19. The summed E-state index contributed by atoms with van der Waals surface area (Å²) in [6, 6.07) is 9.50. The van der Waals surface area contributed by atoms with Crippen LogP contribution in [0, 0.1) is 18.6 Å². The van der Waals surface area contributed by atoms with E-state index in [2.05, 4.69) is 0 Å². The number of carbonyl (C=O) groups excluding carboxylic acids is 2. The first kappa shape index (κ1) is 28.6. The lowest BCUT2D eigenvalue weighted by Gasteiger charge is -2.26. The molecule has 4 rings (SSSR count). The van der Waals surface area contributed by atoms with Gasteiger partial charge in [0.05, 0.1) is 38.1 Å². The molecular weight excluding hydrogens is 520 g/mol. The standard InChI is InChI=1S/C31H31F2NO6/c1-7-40-26-13-18(8-11-24(26)38-5)28-27(29(35)21-15-20(16(2)3)25(39-6)12-17(21)4)30(36)31(37)34(28)23-14-19(32)9-10-22(23)33/h8-16,28,35H,7H2,1-6H3/b29-27+. The van der Waals surface area contributed by atoms with Gasteiger partial charge in [-0.15, -0.1) is 0 Å². The lowest BCUT2D eigenvalue weighted by molar-refractivity contribution is -0.132. The van der Waals surface area contributed by atoms with Crippen molar-refractivity contribution in [1.82, 2.24) is 0 Å². The molecule has 1 unspecified atom stereocenters. The van der Waals surface area contributed by atoms with Crippen molar-refractivity contribution in [3.05, 3.63) is 88.0 Å².